The van der Waals surface area contributed by atoms with Crippen LogP contribution in [0.5, 0.6) is 0 Å². The lowest BCUT2D eigenvalue weighted by Gasteiger charge is -1.98. The second-order valence-corrected chi connectivity index (χ2v) is 3.78. The Balaban J connectivity index is 2.95. The maximum absolute atomic E-state index is 10.7. The van der Waals surface area contributed by atoms with E-state index in [0.29, 0.717) is 4.91 Å². The molecule has 0 bridgehead atoms. The van der Waals surface area contributed by atoms with Crippen LogP contribution >= 0.6 is 11.8 Å². The Morgan fingerprint density at radius 1 is 1.36 bits per heavy atom. The number of rotatable bonds is 3. The Hall–Kier alpha value is -1.22. The monoisotopic (exact) mass is 208 g/mol. The summed E-state index contributed by atoms with van der Waals surface area (Å²) in [7, 11) is 0. The highest BCUT2D eigenvalue weighted by Crippen LogP contribution is 2.16. The third kappa shape index (κ3) is 2.92. The lowest BCUT2D eigenvalue weighted by molar-refractivity contribution is -0.131. The fourth-order valence-corrected chi connectivity index (χ4v) is 1.45. The van der Waals surface area contributed by atoms with E-state index in [1.807, 2.05) is 31.2 Å². The van der Waals surface area contributed by atoms with Gasteiger partial charge in [-0.15, -0.1) is 11.8 Å². The highest BCUT2D eigenvalue weighted by molar-refractivity contribution is 8.03. The minimum absolute atomic E-state index is 0.355. The van der Waals surface area contributed by atoms with E-state index in [2.05, 4.69) is 0 Å². The second-order valence-electron chi connectivity index (χ2n) is 2.93. The number of hydrogen-bond donors (Lipinski definition) is 1. The molecule has 1 rings (SSSR count). The molecule has 0 unspecified atom stereocenters. The summed E-state index contributed by atoms with van der Waals surface area (Å²) in [5.41, 5.74) is 2.09. The topological polar surface area (TPSA) is 37.3 Å². The average Bonchev–Trinajstić information content (AvgIpc) is 2.16. The number of carboxylic acid groups (broad SMARTS) is 1. The van der Waals surface area contributed by atoms with E-state index in [0.717, 1.165) is 5.56 Å². The third-order valence-electron chi connectivity index (χ3n) is 1.81. The lowest BCUT2D eigenvalue weighted by Crippen LogP contribution is -1.95. The summed E-state index contributed by atoms with van der Waals surface area (Å²) in [5, 5.41) is 8.80. The molecule has 0 aromatic heterocycles. The molecule has 0 radical (unpaired) electrons. The van der Waals surface area contributed by atoms with Gasteiger partial charge in [-0.25, -0.2) is 4.79 Å². The van der Waals surface area contributed by atoms with Gasteiger partial charge in [-0.2, -0.15) is 0 Å². The van der Waals surface area contributed by atoms with Crippen LogP contribution in [0.1, 0.15) is 11.1 Å². The lowest BCUT2D eigenvalue weighted by atomic mass is 10.1. The van der Waals surface area contributed by atoms with Gasteiger partial charge in [0.15, 0.2) is 0 Å². The van der Waals surface area contributed by atoms with Crippen molar-refractivity contribution >= 4 is 23.8 Å². The molecule has 2 nitrogen and oxygen atoms in total. The number of carboxylic acids is 1. The van der Waals surface area contributed by atoms with Crippen molar-refractivity contribution in [2.45, 2.75) is 6.92 Å². The highest BCUT2D eigenvalue weighted by atomic mass is 32.2. The number of hydrogen-bond acceptors (Lipinski definition) is 2. The van der Waals surface area contributed by atoms with Crippen molar-refractivity contribution < 1.29 is 9.90 Å². The third-order valence-corrected chi connectivity index (χ3v) is 2.54. The molecule has 0 atom stereocenters. The molecule has 1 aromatic carbocycles. The number of aryl methyl sites for hydroxylation is 1. The molecular formula is C11H12O2S. The SMILES string of the molecule is CSC(=Cc1ccc(C)cc1)C(=O)O. The molecule has 0 spiro atoms. The van der Waals surface area contributed by atoms with Crippen LogP contribution in [0.25, 0.3) is 6.08 Å². The number of thioether (sulfide) groups is 1. The summed E-state index contributed by atoms with van der Waals surface area (Å²) in [5.74, 6) is -0.877. The van der Waals surface area contributed by atoms with Crippen LogP contribution in [0.15, 0.2) is 29.2 Å². The first-order chi connectivity index (χ1) is 6.63. The summed E-state index contributed by atoms with van der Waals surface area (Å²) in [6.45, 7) is 2.00. The zero-order valence-electron chi connectivity index (χ0n) is 8.15. The smallest absolute Gasteiger partial charge is 0.342 e. The fraction of sp³-hybridized carbons (Fsp3) is 0.182. The fourth-order valence-electron chi connectivity index (χ4n) is 1.02. The van der Waals surface area contributed by atoms with Gasteiger partial charge in [-0.05, 0) is 24.8 Å². The van der Waals surface area contributed by atoms with Crippen molar-refractivity contribution in [2.24, 2.45) is 0 Å². The molecule has 14 heavy (non-hydrogen) atoms. The summed E-state index contributed by atoms with van der Waals surface area (Å²) in [6.07, 6.45) is 3.43. The number of benzene rings is 1. The van der Waals surface area contributed by atoms with E-state index in [4.69, 9.17) is 5.11 Å². The quantitative estimate of drug-likeness (QED) is 0.776. The Labute approximate surface area is 87.6 Å². The van der Waals surface area contributed by atoms with E-state index >= 15 is 0 Å². The average molecular weight is 208 g/mol. The van der Waals surface area contributed by atoms with Crippen LogP contribution < -0.4 is 0 Å². The Bertz CT molecular complexity index is 352. The molecule has 0 saturated carbocycles. The second kappa shape index (κ2) is 4.86. The molecule has 0 aliphatic carbocycles. The van der Waals surface area contributed by atoms with Crippen LogP contribution in [-0.4, -0.2) is 17.3 Å². The van der Waals surface area contributed by atoms with Gasteiger partial charge in [0, 0.05) is 0 Å². The minimum atomic E-state index is -0.877. The van der Waals surface area contributed by atoms with Gasteiger partial charge in [0.05, 0.1) is 4.91 Å². The van der Waals surface area contributed by atoms with Crippen LogP contribution in [0.2, 0.25) is 0 Å². The van der Waals surface area contributed by atoms with Crippen LogP contribution in [0.4, 0.5) is 0 Å². The molecule has 74 valence electrons. The summed E-state index contributed by atoms with van der Waals surface area (Å²) in [6, 6.07) is 7.75. The predicted octanol–water partition coefficient (Wildman–Crippen LogP) is 2.78. The number of carbonyl (C=O) groups is 1. The molecule has 1 aromatic rings. The zero-order valence-corrected chi connectivity index (χ0v) is 8.97. The largest absolute Gasteiger partial charge is 0.477 e. The van der Waals surface area contributed by atoms with Gasteiger partial charge in [0.25, 0.3) is 0 Å². The zero-order chi connectivity index (χ0) is 10.6. The van der Waals surface area contributed by atoms with E-state index in [1.54, 1.807) is 12.3 Å². The Morgan fingerprint density at radius 3 is 2.36 bits per heavy atom. The molecule has 0 aliphatic rings. The standard InChI is InChI=1S/C11H12O2S/c1-8-3-5-9(6-4-8)7-10(14-2)11(12)13/h3-7H,1-2H3,(H,12,13). The van der Waals surface area contributed by atoms with Gasteiger partial charge < -0.3 is 5.11 Å². The van der Waals surface area contributed by atoms with Gasteiger partial charge >= 0.3 is 5.97 Å². The Kier molecular flexibility index (Phi) is 3.77. The molecule has 1 N–H and O–H groups in total. The molecule has 0 fully saturated rings. The molecule has 0 aliphatic heterocycles. The molecular weight excluding hydrogens is 196 g/mol. The van der Waals surface area contributed by atoms with Crippen molar-refractivity contribution in [3.8, 4) is 0 Å². The molecule has 0 heterocycles. The van der Waals surface area contributed by atoms with Crippen LogP contribution in [-0.2, 0) is 4.79 Å². The normalized spacial score (nSPS) is 11.4. The van der Waals surface area contributed by atoms with Gasteiger partial charge in [-0.1, -0.05) is 29.8 Å². The molecule has 0 saturated heterocycles. The van der Waals surface area contributed by atoms with Crippen LogP contribution in [0.3, 0.4) is 0 Å². The van der Waals surface area contributed by atoms with Crippen LogP contribution in [0, 0.1) is 6.92 Å². The summed E-state index contributed by atoms with van der Waals surface area (Å²) >= 11 is 1.24. The van der Waals surface area contributed by atoms with Gasteiger partial charge in [0.1, 0.15) is 0 Å². The first kappa shape index (κ1) is 10.9. The predicted molar refractivity (Wildman–Crippen MR) is 60.3 cm³/mol. The van der Waals surface area contributed by atoms with E-state index in [9.17, 15) is 4.79 Å². The van der Waals surface area contributed by atoms with Crippen molar-refractivity contribution in [3.05, 3.63) is 40.3 Å². The summed E-state index contributed by atoms with van der Waals surface area (Å²) in [4.78, 5) is 11.1. The maximum atomic E-state index is 10.7. The molecule has 0 amide bonds. The number of aliphatic carboxylic acids is 1. The molecule has 3 heteroatoms. The summed E-state index contributed by atoms with van der Waals surface area (Å²) < 4.78 is 0. The first-order valence-corrected chi connectivity index (χ1v) is 5.41. The van der Waals surface area contributed by atoms with Crippen molar-refractivity contribution in [2.75, 3.05) is 6.26 Å². The van der Waals surface area contributed by atoms with E-state index in [-0.39, 0.29) is 0 Å². The van der Waals surface area contributed by atoms with E-state index in [1.165, 1.54) is 17.3 Å². The Morgan fingerprint density at radius 2 is 1.93 bits per heavy atom. The van der Waals surface area contributed by atoms with Crippen molar-refractivity contribution in [1.29, 1.82) is 0 Å². The van der Waals surface area contributed by atoms with Gasteiger partial charge in [-0.3, -0.25) is 0 Å². The van der Waals surface area contributed by atoms with Crippen molar-refractivity contribution in [1.82, 2.24) is 0 Å². The highest BCUT2D eigenvalue weighted by Gasteiger charge is 2.04. The maximum Gasteiger partial charge on any atom is 0.342 e. The minimum Gasteiger partial charge on any atom is -0.477 e. The van der Waals surface area contributed by atoms with E-state index < -0.39 is 5.97 Å². The van der Waals surface area contributed by atoms with Gasteiger partial charge in [0.2, 0.25) is 0 Å². The first-order valence-electron chi connectivity index (χ1n) is 4.19. The van der Waals surface area contributed by atoms with Crippen molar-refractivity contribution in [3.63, 3.8) is 0 Å².